The van der Waals surface area contributed by atoms with E-state index in [9.17, 15) is 31.9 Å². The van der Waals surface area contributed by atoms with Gasteiger partial charge in [-0.2, -0.15) is 13.2 Å². The Morgan fingerprint density at radius 1 is 0.750 bits per heavy atom. The van der Waals surface area contributed by atoms with Crippen LogP contribution in [-0.2, 0) is 10.9 Å². The summed E-state index contributed by atoms with van der Waals surface area (Å²) in [6.07, 6.45) is -3.99. The molecule has 0 aliphatic carbocycles. The van der Waals surface area contributed by atoms with Crippen LogP contribution in [-0.4, -0.2) is 80.1 Å². The van der Waals surface area contributed by atoms with Crippen LogP contribution in [0.1, 0.15) is 32.7 Å². The van der Waals surface area contributed by atoms with Gasteiger partial charge in [0.05, 0.1) is 24.3 Å². The van der Waals surface area contributed by atoms with Crippen LogP contribution in [0.15, 0.2) is 66.7 Å². The number of ether oxygens (including phenoxy) is 1. The summed E-state index contributed by atoms with van der Waals surface area (Å²) in [5, 5.41) is 5.29. The van der Waals surface area contributed by atoms with Crippen LogP contribution < -0.4 is 15.5 Å². The lowest BCUT2D eigenvalue weighted by Gasteiger charge is -2.30. The van der Waals surface area contributed by atoms with Gasteiger partial charge >= 0.3 is 12.2 Å². The van der Waals surface area contributed by atoms with Gasteiger partial charge in [0, 0.05) is 61.9 Å². The Balaban J connectivity index is 1.33. The summed E-state index contributed by atoms with van der Waals surface area (Å²) in [4.78, 5) is 44.6. The zero-order valence-corrected chi connectivity index (χ0v) is 23.7. The van der Waals surface area contributed by atoms with E-state index in [4.69, 9.17) is 4.74 Å². The maximum absolute atomic E-state index is 13.7. The van der Waals surface area contributed by atoms with E-state index in [-0.39, 0.29) is 23.7 Å². The number of rotatable bonds is 5. The smallest absolute Gasteiger partial charge is 0.378 e. The second-order valence-corrected chi connectivity index (χ2v) is 10.4. The van der Waals surface area contributed by atoms with Crippen LogP contribution in [0.3, 0.4) is 0 Å². The molecule has 44 heavy (non-hydrogen) atoms. The van der Waals surface area contributed by atoms with Crippen molar-refractivity contribution in [2.45, 2.75) is 12.6 Å². The summed E-state index contributed by atoms with van der Waals surface area (Å²) in [5.74, 6) is -1.32. The lowest BCUT2D eigenvalue weighted by molar-refractivity contribution is -0.137. The van der Waals surface area contributed by atoms with Gasteiger partial charge in [-0.3, -0.25) is 9.59 Å². The predicted octanol–water partition coefficient (Wildman–Crippen LogP) is 5.31. The molecule has 2 aliphatic rings. The number of nitrogens with zero attached hydrogens (tertiary/aromatic N) is 3. The molecule has 4 amide bonds. The highest BCUT2D eigenvalue weighted by atomic mass is 19.4. The molecule has 2 heterocycles. The molecule has 9 nitrogen and oxygen atoms in total. The minimum atomic E-state index is -4.53. The largest absolute Gasteiger partial charge is 0.416 e. The second kappa shape index (κ2) is 13.3. The van der Waals surface area contributed by atoms with Crippen LogP contribution in [0.25, 0.3) is 0 Å². The highest BCUT2D eigenvalue weighted by molar-refractivity contribution is 6.06. The molecule has 232 valence electrons. The Labute approximate surface area is 251 Å². The number of hydrogen-bond donors (Lipinski definition) is 2. The summed E-state index contributed by atoms with van der Waals surface area (Å²) in [6.45, 7) is 3.08. The molecule has 0 atom stereocenters. The molecule has 3 aromatic carbocycles. The molecule has 2 saturated heterocycles. The number of benzene rings is 3. The average molecular weight is 614 g/mol. The van der Waals surface area contributed by atoms with Gasteiger partial charge in [0.25, 0.3) is 11.8 Å². The van der Waals surface area contributed by atoms with Crippen LogP contribution >= 0.6 is 0 Å². The van der Waals surface area contributed by atoms with E-state index in [0.29, 0.717) is 69.3 Å². The standard InChI is InChI=1S/C31H31F4N5O4/c32-23-6-1-4-21(18-23)28(41)36-25-8-9-27(26(20-25)29(42)39-14-16-44-17-15-39)38-10-3-11-40(13-12-38)30(43)37-24-7-2-5-22(19-24)31(33,34)35/h1-2,4-9,18-20H,3,10-17H2,(H,36,41)(H,37,43). The first-order chi connectivity index (χ1) is 21.1. The number of hydrogen-bond acceptors (Lipinski definition) is 5. The molecule has 0 aromatic heterocycles. The zero-order chi connectivity index (χ0) is 31.3. The van der Waals surface area contributed by atoms with Crippen molar-refractivity contribution in [3.63, 3.8) is 0 Å². The molecule has 2 aliphatic heterocycles. The molecule has 5 rings (SSSR count). The van der Waals surface area contributed by atoms with Gasteiger partial charge < -0.3 is 30.1 Å². The van der Waals surface area contributed by atoms with Crippen molar-refractivity contribution in [1.82, 2.24) is 9.80 Å². The third-order valence-electron chi connectivity index (χ3n) is 7.43. The lowest BCUT2D eigenvalue weighted by Crippen LogP contribution is -2.42. The first kappa shape index (κ1) is 30.8. The fourth-order valence-electron chi connectivity index (χ4n) is 5.17. The zero-order valence-electron chi connectivity index (χ0n) is 23.7. The fourth-order valence-corrected chi connectivity index (χ4v) is 5.17. The monoisotopic (exact) mass is 613 g/mol. The molecule has 2 N–H and O–H groups in total. The predicted molar refractivity (Wildman–Crippen MR) is 156 cm³/mol. The summed E-state index contributed by atoms with van der Waals surface area (Å²) < 4.78 is 58.4. The molecule has 0 spiro atoms. The third kappa shape index (κ3) is 7.46. The number of anilines is 3. The van der Waals surface area contributed by atoms with Gasteiger partial charge in [0.1, 0.15) is 5.82 Å². The van der Waals surface area contributed by atoms with Crippen molar-refractivity contribution in [2.75, 3.05) is 68.0 Å². The van der Waals surface area contributed by atoms with Crippen molar-refractivity contribution >= 4 is 34.9 Å². The van der Waals surface area contributed by atoms with E-state index in [2.05, 4.69) is 10.6 Å². The van der Waals surface area contributed by atoms with Gasteiger partial charge in [-0.05, 0) is 61.0 Å². The Bertz CT molecular complexity index is 1530. The number of morpholine rings is 1. The summed E-state index contributed by atoms with van der Waals surface area (Å²) in [6, 6.07) is 14.2. The minimum absolute atomic E-state index is 0.0419. The minimum Gasteiger partial charge on any atom is -0.378 e. The normalized spacial score (nSPS) is 15.9. The number of carbonyl (C=O) groups excluding carboxylic acids is 3. The number of alkyl halides is 3. The number of halogens is 4. The van der Waals surface area contributed by atoms with E-state index in [1.54, 1.807) is 23.1 Å². The van der Waals surface area contributed by atoms with Gasteiger partial charge in [0.15, 0.2) is 0 Å². The quantitative estimate of drug-likeness (QED) is 0.381. The van der Waals surface area contributed by atoms with E-state index < -0.39 is 29.5 Å². The second-order valence-electron chi connectivity index (χ2n) is 10.4. The van der Waals surface area contributed by atoms with Gasteiger partial charge in [0.2, 0.25) is 0 Å². The number of urea groups is 1. The highest BCUT2D eigenvalue weighted by Gasteiger charge is 2.31. The van der Waals surface area contributed by atoms with E-state index in [1.807, 2.05) is 4.90 Å². The molecule has 2 fully saturated rings. The van der Waals surface area contributed by atoms with Gasteiger partial charge in [-0.25, -0.2) is 9.18 Å². The summed E-state index contributed by atoms with van der Waals surface area (Å²) in [7, 11) is 0. The third-order valence-corrected chi connectivity index (χ3v) is 7.43. The van der Waals surface area contributed by atoms with Gasteiger partial charge in [-0.1, -0.05) is 12.1 Å². The van der Waals surface area contributed by atoms with E-state index in [1.165, 1.54) is 35.2 Å². The molecule has 0 bridgehead atoms. The fraction of sp³-hybridized carbons (Fsp3) is 0.323. The van der Waals surface area contributed by atoms with Crippen molar-refractivity contribution < 1.29 is 36.7 Å². The molecule has 0 unspecified atom stereocenters. The van der Waals surface area contributed by atoms with Crippen molar-refractivity contribution in [1.29, 1.82) is 0 Å². The maximum Gasteiger partial charge on any atom is 0.416 e. The van der Waals surface area contributed by atoms with E-state index in [0.717, 1.165) is 18.2 Å². The van der Waals surface area contributed by atoms with Crippen LogP contribution in [0.4, 0.5) is 39.4 Å². The number of nitrogens with one attached hydrogen (secondary N) is 2. The SMILES string of the molecule is O=C(Nc1ccc(N2CCCN(C(=O)Nc3cccc(C(F)(F)F)c3)CC2)c(C(=O)N2CCOCC2)c1)c1cccc(F)c1. The number of amides is 4. The van der Waals surface area contributed by atoms with Crippen molar-refractivity contribution in [3.8, 4) is 0 Å². The Morgan fingerprint density at radius 3 is 2.25 bits per heavy atom. The first-order valence-corrected chi connectivity index (χ1v) is 14.1. The Morgan fingerprint density at radius 2 is 1.50 bits per heavy atom. The van der Waals surface area contributed by atoms with Gasteiger partial charge in [-0.15, -0.1) is 0 Å². The van der Waals surface area contributed by atoms with Crippen molar-refractivity contribution in [2.24, 2.45) is 0 Å². The van der Waals surface area contributed by atoms with E-state index >= 15 is 0 Å². The summed E-state index contributed by atoms with van der Waals surface area (Å²) in [5.41, 5.74) is 0.643. The Hall–Kier alpha value is -4.65. The molecule has 13 heteroatoms. The van der Waals surface area contributed by atoms with Crippen LogP contribution in [0.2, 0.25) is 0 Å². The average Bonchev–Trinajstić information content (AvgIpc) is 3.27. The number of carbonyl (C=O) groups is 3. The van der Waals surface area contributed by atoms with Crippen LogP contribution in [0, 0.1) is 5.82 Å². The van der Waals surface area contributed by atoms with Crippen LogP contribution in [0.5, 0.6) is 0 Å². The molecular formula is C31H31F4N5O4. The molecule has 0 saturated carbocycles. The van der Waals surface area contributed by atoms with Crippen molar-refractivity contribution in [3.05, 3.63) is 89.2 Å². The molecule has 3 aromatic rings. The highest BCUT2D eigenvalue weighted by Crippen LogP contribution is 2.31. The maximum atomic E-state index is 13.7. The Kier molecular flexibility index (Phi) is 9.33. The first-order valence-electron chi connectivity index (χ1n) is 14.1. The topological polar surface area (TPSA) is 94.2 Å². The summed E-state index contributed by atoms with van der Waals surface area (Å²) >= 11 is 0. The molecular weight excluding hydrogens is 582 g/mol. The molecule has 0 radical (unpaired) electrons. The lowest BCUT2D eigenvalue weighted by atomic mass is 10.1.